The van der Waals surface area contributed by atoms with E-state index in [2.05, 4.69) is 20.7 Å². The van der Waals surface area contributed by atoms with Crippen LogP contribution in [-0.4, -0.2) is 26.5 Å². The quantitative estimate of drug-likeness (QED) is 0.677. The summed E-state index contributed by atoms with van der Waals surface area (Å²) in [6.45, 7) is 1.89. The number of anilines is 1. The molecule has 152 valence electrons. The van der Waals surface area contributed by atoms with Gasteiger partial charge in [-0.05, 0) is 31.9 Å². The van der Waals surface area contributed by atoms with Crippen LogP contribution >= 0.6 is 11.3 Å². The molecule has 8 heteroatoms. The van der Waals surface area contributed by atoms with Gasteiger partial charge in [0.25, 0.3) is 5.91 Å². The molecule has 0 spiro atoms. The molecule has 0 radical (unpaired) electrons. The lowest BCUT2D eigenvalue weighted by molar-refractivity contribution is -0.116. The second kappa shape index (κ2) is 7.21. The highest BCUT2D eigenvalue weighted by atomic mass is 32.1. The highest BCUT2D eigenvalue weighted by Crippen LogP contribution is 2.42. The fraction of sp³-hybridized carbons (Fsp3) is 0.273. The van der Waals surface area contributed by atoms with E-state index in [0.717, 1.165) is 40.0 Å². The molecule has 0 saturated carbocycles. The van der Waals surface area contributed by atoms with E-state index < -0.39 is 5.92 Å². The number of allylic oxidation sites excluding steroid dienone is 3. The molecule has 30 heavy (non-hydrogen) atoms. The van der Waals surface area contributed by atoms with Crippen molar-refractivity contribution in [1.82, 2.24) is 20.1 Å². The van der Waals surface area contributed by atoms with E-state index in [9.17, 15) is 9.59 Å². The van der Waals surface area contributed by atoms with E-state index >= 15 is 0 Å². The molecule has 0 unspecified atom stereocenters. The van der Waals surface area contributed by atoms with E-state index in [4.69, 9.17) is 0 Å². The normalized spacial score (nSPS) is 19.1. The maximum atomic E-state index is 13.4. The van der Waals surface area contributed by atoms with Crippen molar-refractivity contribution in [2.24, 2.45) is 7.05 Å². The molecule has 0 saturated heterocycles. The number of dihydropyridines is 1. The molecule has 0 fully saturated rings. The standard InChI is InChI=1S/C22H21N5O2S/c1-12-18(21(29)26-22-25-14-6-3-4-9-17(14)30-22)19(13-10-23-27(2)11-13)20-15(24-12)7-5-8-16(20)28/h3-4,6,9-11,19,24H,5,7-8H2,1-2H3,(H,25,26,29)/t19-/m0/s1. The first-order valence-corrected chi connectivity index (χ1v) is 10.7. The Morgan fingerprint density at radius 2 is 2.13 bits per heavy atom. The predicted molar refractivity (Wildman–Crippen MR) is 116 cm³/mol. The SMILES string of the molecule is CC1=C(C(=O)Nc2nc3ccccc3s2)[C@H](c2cnn(C)c2)C2=C(CCCC2=O)N1. The van der Waals surface area contributed by atoms with E-state index in [1.54, 1.807) is 10.9 Å². The minimum atomic E-state index is -0.433. The molecule has 3 aromatic rings. The number of nitrogens with one attached hydrogen (secondary N) is 2. The Morgan fingerprint density at radius 1 is 1.30 bits per heavy atom. The topological polar surface area (TPSA) is 88.9 Å². The summed E-state index contributed by atoms with van der Waals surface area (Å²) in [4.78, 5) is 30.8. The number of thiazole rings is 1. The van der Waals surface area contributed by atoms with Crippen molar-refractivity contribution in [3.8, 4) is 0 Å². The van der Waals surface area contributed by atoms with Crippen LogP contribution in [0.25, 0.3) is 10.2 Å². The molecule has 5 rings (SSSR count). The van der Waals surface area contributed by atoms with Crippen LogP contribution in [0.2, 0.25) is 0 Å². The van der Waals surface area contributed by atoms with Gasteiger partial charge in [-0.15, -0.1) is 0 Å². The third-order valence-corrected chi connectivity index (χ3v) is 6.54. The second-order valence-corrected chi connectivity index (χ2v) is 8.68. The van der Waals surface area contributed by atoms with Crippen LogP contribution < -0.4 is 10.6 Å². The first kappa shape index (κ1) is 18.7. The van der Waals surface area contributed by atoms with Crippen LogP contribution in [0.15, 0.2) is 59.2 Å². The monoisotopic (exact) mass is 419 g/mol. The van der Waals surface area contributed by atoms with Gasteiger partial charge in [-0.1, -0.05) is 23.5 Å². The van der Waals surface area contributed by atoms with Crippen LogP contribution in [0.3, 0.4) is 0 Å². The Bertz CT molecular complexity index is 1220. The van der Waals surface area contributed by atoms with Gasteiger partial charge in [0.05, 0.1) is 16.4 Å². The minimum absolute atomic E-state index is 0.0930. The number of ketones is 1. The Balaban J connectivity index is 1.55. The number of aromatic nitrogens is 3. The molecule has 3 heterocycles. The number of carbonyl (C=O) groups is 2. The van der Waals surface area contributed by atoms with Gasteiger partial charge in [-0.3, -0.25) is 19.6 Å². The van der Waals surface area contributed by atoms with Crippen LogP contribution in [0.1, 0.15) is 37.7 Å². The van der Waals surface area contributed by atoms with Crippen LogP contribution in [0.4, 0.5) is 5.13 Å². The molecule has 1 aliphatic carbocycles. The van der Waals surface area contributed by atoms with Crippen molar-refractivity contribution >= 4 is 38.4 Å². The third-order valence-electron chi connectivity index (χ3n) is 5.59. The summed E-state index contributed by atoms with van der Waals surface area (Å²) in [6, 6.07) is 7.77. The Kier molecular flexibility index (Phi) is 4.51. The molecule has 7 nitrogen and oxygen atoms in total. The average molecular weight is 420 g/mol. The van der Waals surface area contributed by atoms with Gasteiger partial charge in [-0.25, -0.2) is 4.98 Å². The molecular weight excluding hydrogens is 398 g/mol. The summed E-state index contributed by atoms with van der Waals surface area (Å²) in [5, 5.41) is 11.1. The van der Waals surface area contributed by atoms with Gasteiger partial charge in [0.15, 0.2) is 10.9 Å². The fourth-order valence-corrected chi connectivity index (χ4v) is 5.16. The van der Waals surface area contributed by atoms with Crippen molar-refractivity contribution in [2.45, 2.75) is 32.1 Å². The van der Waals surface area contributed by atoms with Crippen molar-refractivity contribution in [3.63, 3.8) is 0 Å². The first-order chi connectivity index (χ1) is 14.5. The number of amides is 1. The molecule has 2 aromatic heterocycles. The molecule has 0 bridgehead atoms. The summed E-state index contributed by atoms with van der Waals surface area (Å²) in [5.74, 6) is -0.592. The lowest BCUT2D eigenvalue weighted by Gasteiger charge is -2.33. The van der Waals surface area contributed by atoms with Crippen LogP contribution in [0, 0.1) is 0 Å². The van der Waals surface area contributed by atoms with Gasteiger partial charge in [0.2, 0.25) is 0 Å². The number of aryl methyl sites for hydroxylation is 1. The molecule has 1 atom stereocenters. The largest absolute Gasteiger partial charge is 0.362 e. The van der Waals surface area contributed by atoms with E-state index in [0.29, 0.717) is 22.7 Å². The summed E-state index contributed by atoms with van der Waals surface area (Å²) < 4.78 is 2.71. The predicted octanol–water partition coefficient (Wildman–Crippen LogP) is 3.64. The number of para-hydroxylation sites is 1. The van der Waals surface area contributed by atoms with E-state index in [1.807, 2.05) is 44.4 Å². The summed E-state index contributed by atoms with van der Waals surface area (Å²) >= 11 is 1.43. The van der Waals surface area contributed by atoms with Crippen LogP contribution in [0.5, 0.6) is 0 Å². The van der Waals surface area contributed by atoms with E-state index in [-0.39, 0.29) is 11.7 Å². The molecule has 2 aliphatic rings. The maximum absolute atomic E-state index is 13.4. The van der Waals surface area contributed by atoms with Crippen molar-refractivity contribution in [3.05, 3.63) is 64.8 Å². The highest BCUT2D eigenvalue weighted by molar-refractivity contribution is 7.22. The Morgan fingerprint density at radius 3 is 2.90 bits per heavy atom. The van der Waals surface area contributed by atoms with Crippen molar-refractivity contribution < 1.29 is 9.59 Å². The molecule has 1 aliphatic heterocycles. The number of rotatable bonds is 3. The van der Waals surface area contributed by atoms with E-state index in [1.165, 1.54) is 11.3 Å². The summed E-state index contributed by atoms with van der Waals surface area (Å²) in [6.07, 6.45) is 5.75. The minimum Gasteiger partial charge on any atom is -0.362 e. The second-order valence-electron chi connectivity index (χ2n) is 7.65. The van der Waals surface area contributed by atoms with Gasteiger partial charge >= 0.3 is 0 Å². The van der Waals surface area contributed by atoms with Crippen molar-refractivity contribution in [2.75, 3.05) is 5.32 Å². The maximum Gasteiger partial charge on any atom is 0.256 e. The van der Waals surface area contributed by atoms with Gasteiger partial charge in [0.1, 0.15) is 0 Å². The summed E-state index contributed by atoms with van der Waals surface area (Å²) in [7, 11) is 1.83. The smallest absolute Gasteiger partial charge is 0.256 e. The average Bonchev–Trinajstić information content (AvgIpc) is 3.32. The number of fused-ring (bicyclic) bond motifs is 1. The fourth-order valence-electron chi connectivity index (χ4n) is 4.30. The lowest BCUT2D eigenvalue weighted by Crippen LogP contribution is -2.35. The molecular formula is C22H21N5O2S. The number of hydrogen-bond acceptors (Lipinski definition) is 6. The van der Waals surface area contributed by atoms with Gasteiger partial charge in [-0.2, -0.15) is 5.10 Å². The zero-order valence-corrected chi connectivity index (χ0v) is 17.5. The van der Waals surface area contributed by atoms with Gasteiger partial charge in [0, 0.05) is 53.7 Å². The Hall–Kier alpha value is -3.26. The number of benzene rings is 1. The number of carbonyl (C=O) groups excluding carboxylic acids is 2. The number of hydrogen-bond donors (Lipinski definition) is 2. The Labute approximate surface area is 177 Å². The van der Waals surface area contributed by atoms with Crippen molar-refractivity contribution in [1.29, 1.82) is 0 Å². The molecule has 1 aromatic carbocycles. The number of Topliss-reactive ketones (excluding diaryl/α,β-unsaturated/α-hetero) is 1. The molecule has 1 amide bonds. The number of nitrogens with zero attached hydrogens (tertiary/aromatic N) is 3. The third kappa shape index (κ3) is 3.13. The lowest BCUT2D eigenvalue weighted by atomic mass is 9.76. The van der Waals surface area contributed by atoms with Gasteiger partial charge < -0.3 is 5.32 Å². The molecule has 2 N–H and O–H groups in total. The van der Waals surface area contributed by atoms with Crippen LogP contribution in [-0.2, 0) is 16.6 Å². The summed E-state index contributed by atoms with van der Waals surface area (Å²) in [5.41, 5.74) is 4.60. The first-order valence-electron chi connectivity index (χ1n) is 9.91. The zero-order chi connectivity index (χ0) is 20.8. The highest BCUT2D eigenvalue weighted by Gasteiger charge is 2.39. The zero-order valence-electron chi connectivity index (χ0n) is 16.7.